The Bertz CT molecular complexity index is 498. The molecular formula is C17H25ClN2S. The quantitative estimate of drug-likeness (QED) is 0.796. The summed E-state index contributed by atoms with van der Waals surface area (Å²) in [6.07, 6.45) is 8.08. The average molecular weight is 325 g/mol. The standard InChI is InChI=1S/C17H25ClN2S/c1-4-15(21-3)11-14-9-12(7-8-20-14)16-10-13(18)5-6-17(16)19-2/h5-6,9-10,14-15,19-20H,4,7-8,11H2,1-3H3. The van der Waals surface area contributed by atoms with E-state index in [1.54, 1.807) is 0 Å². The Kier molecular flexibility index (Phi) is 6.46. The highest BCUT2D eigenvalue weighted by molar-refractivity contribution is 7.99. The molecule has 0 amide bonds. The lowest BCUT2D eigenvalue weighted by Crippen LogP contribution is -2.34. The number of anilines is 1. The lowest BCUT2D eigenvalue weighted by molar-refractivity contribution is 0.533. The number of nitrogens with one attached hydrogen (secondary N) is 2. The number of hydrogen-bond acceptors (Lipinski definition) is 3. The number of benzene rings is 1. The molecule has 2 rings (SSSR count). The summed E-state index contributed by atoms with van der Waals surface area (Å²) in [6.45, 7) is 3.31. The van der Waals surface area contributed by atoms with Crippen LogP contribution >= 0.6 is 23.4 Å². The van der Waals surface area contributed by atoms with E-state index in [-0.39, 0.29) is 0 Å². The molecule has 0 radical (unpaired) electrons. The fourth-order valence-electron chi connectivity index (χ4n) is 2.87. The highest BCUT2D eigenvalue weighted by atomic mass is 35.5. The van der Waals surface area contributed by atoms with Crippen LogP contribution in [0.2, 0.25) is 5.02 Å². The summed E-state index contributed by atoms with van der Waals surface area (Å²) in [4.78, 5) is 0. The predicted molar refractivity (Wildman–Crippen MR) is 97.6 cm³/mol. The lowest BCUT2D eigenvalue weighted by atomic mass is 9.94. The molecule has 0 aliphatic carbocycles. The zero-order valence-corrected chi connectivity index (χ0v) is 14.7. The third-order valence-electron chi connectivity index (χ3n) is 4.11. The van der Waals surface area contributed by atoms with Gasteiger partial charge >= 0.3 is 0 Å². The Morgan fingerprint density at radius 2 is 2.29 bits per heavy atom. The summed E-state index contributed by atoms with van der Waals surface area (Å²) in [7, 11) is 1.96. The van der Waals surface area contributed by atoms with Gasteiger partial charge in [0.25, 0.3) is 0 Å². The van der Waals surface area contributed by atoms with Crippen molar-refractivity contribution >= 4 is 34.6 Å². The molecule has 0 fully saturated rings. The van der Waals surface area contributed by atoms with Crippen LogP contribution in [0.25, 0.3) is 5.57 Å². The largest absolute Gasteiger partial charge is 0.388 e. The molecule has 2 atom stereocenters. The zero-order valence-electron chi connectivity index (χ0n) is 13.1. The average Bonchev–Trinajstić information content (AvgIpc) is 2.52. The first-order chi connectivity index (χ1) is 10.2. The molecule has 0 saturated heterocycles. The molecule has 2 unspecified atom stereocenters. The Hall–Kier alpha value is -0.640. The highest BCUT2D eigenvalue weighted by Gasteiger charge is 2.19. The van der Waals surface area contributed by atoms with Gasteiger partial charge in [-0.2, -0.15) is 11.8 Å². The van der Waals surface area contributed by atoms with Crippen LogP contribution in [0, 0.1) is 0 Å². The Morgan fingerprint density at radius 1 is 1.48 bits per heavy atom. The third-order valence-corrected chi connectivity index (χ3v) is 5.53. The molecule has 0 spiro atoms. The van der Waals surface area contributed by atoms with Gasteiger partial charge in [0, 0.05) is 34.6 Å². The van der Waals surface area contributed by atoms with Gasteiger partial charge in [-0.3, -0.25) is 0 Å². The van der Waals surface area contributed by atoms with Crippen molar-refractivity contribution < 1.29 is 0 Å². The molecule has 1 heterocycles. The summed E-state index contributed by atoms with van der Waals surface area (Å²) in [5.41, 5.74) is 3.80. The van der Waals surface area contributed by atoms with Gasteiger partial charge in [0.1, 0.15) is 0 Å². The third kappa shape index (κ3) is 4.41. The maximum atomic E-state index is 6.18. The first-order valence-corrected chi connectivity index (χ1v) is 9.29. The van der Waals surface area contributed by atoms with E-state index in [1.807, 2.05) is 24.9 Å². The molecule has 1 aromatic rings. The van der Waals surface area contributed by atoms with E-state index < -0.39 is 0 Å². The number of rotatable bonds is 6. The molecule has 116 valence electrons. The highest BCUT2D eigenvalue weighted by Crippen LogP contribution is 2.31. The molecule has 1 aliphatic heterocycles. The number of halogens is 1. The van der Waals surface area contributed by atoms with Crippen molar-refractivity contribution in [3.05, 3.63) is 34.9 Å². The molecule has 21 heavy (non-hydrogen) atoms. The minimum atomic E-state index is 0.467. The molecule has 0 bridgehead atoms. The molecule has 0 saturated carbocycles. The SMILES string of the molecule is CCC(CC1C=C(c2cc(Cl)ccc2NC)CCN1)SC. The van der Waals surface area contributed by atoms with Crippen LogP contribution in [0.15, 0.2) is 24.3 Å². The van der Waals surface area contributed by atoms with Gasteiger partial charge in [-0.1, -0.05) is 24.6 Å². The van der Waals surface area contributed by atoms with Crippen LogP contribution in [0.1, 0.15) is 31.7 Å². The van der Waals surface area contributed by atoms with Crippen LogP contribution in [0.4, 0.5) is 5.69 Å². The van der Waals surface area contributed by atoms with Crippen molar-refractivity contribution in [3.63, 3.8) is 0 Å². The Balaban J connectivity index is 2.22. The van der Waals surface area contributed by atoms with Gasteiger partial charge in [0.15, 0.2) is 0 Å². The van der Waals surface area contributed by atoms with E-state index in [0.29, 0.717) is 6.04 Å². The van der Waals surface area contributed by atoms with Crippen LogP contribution in [-0.4, -0.2) is 31.1 Å². The van der Waals surface area contributed by atoms with Gasteiger partial charge in [-0.05, 0) is 55.8 Å². The molecule has 1 aromatic carbocycles. The van der Waals surface area contributed by atoms with Gasteiger partial charge in [0.2, 0.25) is 0 Å². The molecule has 4 heteroatoms. The summed E-state index contributed by atoms with van der Waals surface area (Å²) in [5, 5.41) is 8.43. The van der Waals surface area contributed by atoms with Crippen LogP contribution in [0.3, 0.4) is 0 Å². The molecule has 1 aliphatic rings. The van der Waals surface area contributed by atoms with E-state index in [0.717, 1.165) is 28.9 Å². The second-order valence-electron chi connectivity index (χ2n) is 5.44. The van der Waals surface area contributed by atoms with Crippen molar-refractivity contribution in [2.24, 2.45) is 0 Å². The molecule has 2 N–H and O–H groups in total. The summed E-state index contributed by atoms with van der Waals surface area (Å²) in [5.74, 6) is 0. The second kappa shape index (κ2) is 8.11. The van der Waals surface area contributed by atoms with Gasteiger partial charge in [0.05, 0.1) is 0 Å². The Labute approximate surface area is 137 Å². The maximum absolute atomic E-state index is 6.18. The smallest absolute Gasteiger partial charge is 0.0414 e. The summed E-state index contributed by atoms with van der Waals surface area (Å²) >= 11 is 8.15. The Morgan fingerprint density at radius 3 is 2.95 bits per heavy atom. The van der Waals surface area contributed by atoms with Crippen molar-refractivity contribution in [2.45, 2.75) is 37.5 Å². The van der Waals surface area contributed by atoms with E-state index in [4.69, 9.17) is 11.6 Å². The van der Waals surface area contributed by atoms with Gasteiger partial charge < -0.3 is 10.6 Å². The number of hydrogen-bond donors (Lipinski definition) is 2. The first kappa shape index (κ1) is 16.7. The minimum absolute atomic E-state index is 0.467. The van der Waals surface area contributed by atoms with Crippen LogP contribution in [-0.2, 0) is 0 Å². The van der Waals surface area contributed by atoms with Gasteiger partial charge in [-0.25, -0.2) is 0 Å². The van der Waals surface area contributed by atoms with Gasteiger partial charge in [-0.15, -0.1) is 0 Å². The van der Waals surface area contributed by atoms with E-state index >= 15 is 0 Å². The second-order valence-corrected chi connectivity index (χ2v) is 7.02. The zero-order chi connectivity index (χ0) is 15.2. The normalized spacial score (nSPS) is 20.0. The van der Waals surface area contributed by atoms with Crippen LogP contribution in [0.5, 0.6) is 0 Å². The molecule has 0 aromatic heterocycles. The van der Waals surface area contributed by atoms with Crippen LogP contribution < -0.4 is 10.6 Å². The fraction of sp³-hybridized carbons (Fsp3) is 0.529. The molecular weight excluding hydrogens is 300 g/mol. The van der Waals surface area contributed by atoms with Crippen molar-refractivity contribution in [1.82, 2.24) is 5.32 Å². The van der Waals surface area contributed by atoms with E-state index in [9.17, 15) is 0 Å². The first-order valence-electron chi connectivity index (χ1n) is 7.62. The topological polar surface area (TPSA) is 24.1 Å². The predicted octanol–water partition coefficient (Wildman–Crippen LogP) is 4.66. The minimum Gasteiger partial charge on any atom is -0.388 e. The number of thioether (sulfide) groups is 1. The maximum Gasteiger partial charge on any atom is 0.0414 e. The van der Waals surface area contributed by atoms with E-state index in [2.05, 4.69) is 42.0 Å². The molecule has 2 nitrogen and oxygen atoms in total. The van der Waals surface area contributed by atoms with Crippen molar-refractivity contribution in [2.75, 3.05) is 25.2 Å². The van der Waals surface area contributed by atoms with Crippen molar-refractivity contribution in [1.29, 1.82) is 0 Å². The lowest BCUT2D eigenvalue weighted by Gasteiger charge is -2.26. The summed E-state index contributed by atoms with van der Waals surface area (Å²) < 4.78 is 0. The monoisotopic (exact) mass is 324 g/mol. The van der Waals surface area contributed by atoms with E-state index in [1.165, 1.54) is 24.0 Å². The summed E-state index contributed by atoms with van der Waals surface area (Å²) in [6, 6.07) is 6.55. The fourth-order valence-corrected chi connectivity index (χ4v) is 3.77. The van der Waals surface area contributed by atoms with Crippen molar-refractivity contribution in [3.8, 4) is 0 Å².